The zero-order valence-electron chi connectivity index (χ0n) is 14.7. The molecule has 1 aromatic heterocycles. The van der Waals surface area contributed by atoms with Gasteiger partial charge in [-0.3, -0.25) is 9.59 Å². The van der Waals surface area contributed by atoms with Crippen molar-refractivity contribution in [1.82, 2.24) is 9.78 Å². The number of amides is 1. The number of nitrogens with one attached hydrogen (secondary N) is 1. The summed E-state index contributed by atoms with van der Waals surface area (Å²) in [5.41, 5.74) is 1.92. The van der Waals surface area contributed by atoms with Crippen LogP contribution in [0.15, 0.2) is 52.9 Å². The molecule has 9 heteroatoms. The molecular weight excluding hydrogens is 414 g/mol. The summed E-state index contributed by atoms with van der Waals surface area (Å²) in [4.78, 5) is 24.3. The standard InChI is InChI=1S/C19H15N3O3S3/c1-11(17(24)12-7-8-15-14(9-12)20-16(23)10-25-15)27-18-21-22(19(26)28-18)13-5-3-2-4-6-13/h2-9,11H,10H2,1H3,(H,20,23)/t11-/m1/s1. The number of ketones is 1. The maximum atomic E-state index is 12.8. The second kappa shape index (κ2) is 7.86. The highest BCUT2D eigenvalue weighted by molar-refractivity contribution is 8.02. The van der Waals surface area contributed by atoms with Crippen molar-refractivity contribution in [3.8, 4) is 11.4 Å². The monoisotopic (exact) mass is 429 g/mol. The minimum atomic E-state index is -0.358. The summed E-state index contributed by atoms with van der Waals surface area (Å²) in [5.74, 6) is 0.279. The molecule has 4 rings (SSSR count). The van der Waals surface area contributed by atoms with E-state index < -0.39 is 0 Å². The van der Waals surface area contributed by atoms with Crippen LogP contribution < -0.4 is 10.1 Å². The number of aromatic nitrogens is 2. The molecule has 142 valence electrons. The van der Waals surface area contributed by atoms with Gasteiger partial charge in [-0.25, -0.2) is 4.68 Å². The molecule has 2 aromatic carbocycles. The summed E-state index contributed by atoms with van der Waals surface area (Å²) in [7, 11) is 0. The number of Topliss-reactive ketones (excluding diaryl/α,β-unsaturated/α-hetero) is 1. The molecule has 0 fully saturated rings. The Balaban J connectivity index is 1.52. The number of anilines is 1. The molecule has 0 unspecified atom stereocenters. The number of nitrogens with zero attached hydrogens (tertiary/aromatic N) is 2. The second-order valence-electron chi connectivity index (χ2n) is 6.05. The van der Waals surface area contributed by atoms with E-state index in [0.717, 1.165) is 10.0 Å². The maximum Gasteiger partial charge on any atom is 0.262 e. The van der Waals surface area contributed by atoms with Crippen LogP contribution in [0.5, 0.6) is 5.75 Å². The number of thioether (sulfide) groups is 1. The third kappa shape index (κ3) is 3.87. The zero-order valence-corrected chi connectivity index (χ0v) is 17.2. The highest BCUT2D eigenvalue weighted by atomic mass is 32.2. The summed E-state index contributed by atoms with van der Waals surface area (Å²) in [6.07, 6.45) is 0. The smallest absolute Gasteiger partial charge is 0.262 e. The highest BCUT2D eigenvalue weighted by Crippen LogP contribution is 2.32. The van der Waals surface area contributed by atoms with Crippen LogP contribution in [0.25, 0.3) is 5.69 Å². The summed E-state index contributed by atoms with van der Waals surface area (Å²) >= 11 is 8.15. The first-order valence-electron chi connectivity index (χ1n) is 8.44. The van der Waals surface area contributed by atoms with Crippen LogP contribution in [0.2, 0.25) is 0 Å². The fourth-order valence-corrected chi connectivity index (χ4v) is 5.30. The molecule has 1 aliphatic rings. The lowest BCUT2D eigenvalue weighted by molar-refractivity contribution is -0.118. The predicted octanol–water partition coefficient (Wildman–Crippen LogP) is 4.36. The highest BCUT2D eigenvalue weighted by Gasteiger charge is 2.22. The number of hydrogen-bond acceptors (Lipinski definition) is 7. The average molecular weight is 430 g/mol. The van der Waals surface area contributed by atoms with E-state index in [9.17, 15) is 9.59 Å². The minimum Gasteiger partial charge on any atom is -0.482 e. The molecule has 0 radical (unpaired) electrons. The quantitative estimate of drug-likeness (QED) is 0.369. The van der Waals surface area contributed by atoms with Gasteiger partial charge in [-0.2, -0.15) is 0 Å². The topological polar surface area (TPSA) is 73.2 Å². The Kier molecular flexibility index (Phi) is 5.29. The minimum absolute atomic E-state index is 0.0125. The van der Waals surface area contributed by atoms with Crippen LogP contribution in [-0.2, 0) is 4.79 Å². The lowest BCUT2D eigenvalue weighted by Gasteiger charge is -2.18. The predicted molar refractivity (Wildman–Crippen MR) is 112 cm³/mol. The molecule has 0 aliphatic carbocycles. The molecule has 28 heavy (non-hydrogen) atoms. The normalized spacial score (nSPS) is 14.0. The zero-order chi connectivity index (χ0) is 19.7. The molecule has 1 amide bonds. The van der Waals surface area contributed by atoms with Crippen molar-refractivity contribution in [1.29, 1.82) is 0 Å². The number of carbonyl (C=O) groups excluding carboxylic acids is 2. The lowest BCUT2D eigenvalue weighted by Crippen LogP contribution is -2.25. The first-order valence-corrected chi connectivity index (χ1v) is 10.5. The first-order chi connectivity index (χ1) is 13.5. The maximum absolute atomic E-state index is 12.8. The van der Waals surface area contributed by atoms with E-state index in [4.69, 9.17) is 17.0 Å². The Morgan fingerprint density at radius 2 is 2.11 bits per heavy atom. The van der Waals surface area contributed by atoms with Crippen molar-refractivity contribution >= 4 is 52.7 Å². The number of ether oxygens (including phenoxy) is 1. The molecule has 0 bridgehead atoms. The van der Waals surface area contributed by atoms with Crippen LogP contribution in [0.4, 0.5) is 5.69 Å². The Labute approximate surface area is 174 Å². The molecule has 0 saturated carbocycles. The van der Waals surface area contributed by atoms with Gasteiger partial charge < -0.3 is 10.1 Å². The Hall–Kier alpha value is -2.49. The van der Waals surface area contributed by atoms with E-state index in [0.29, 0.717) is 21.0 Å². The fraction of sp³-hybridized carbons (Fsp3) is 0.158. The van der Waals surface area contributed by atoms with Gasteiger partial charge in [0.05, 0.1) is 16.6 Å². The van der Waals surface area contributed by atoms with Crippen LogP contribution >= 0.6 is 35.3 Å². The molecule has 1 atom stereocenters. The van der Waals surface area contributed by atoms with Gasteiger partial charge in [0.2, 0.25) is 0 Å². The van der Waals surface area contributed by atoms with E-state index in [2.05, 4.69) is 10.4 Å². The van der Waals surface area contributed by atoms with Crippen molar-refractivity contribution in [2.75, 3.05) is 11.9 Å². The van der Waals surface area contributed by atoms with E-state index >= 15 is 0 Å². The van der Waals surface area contributed by atoms with Gasteiger partial charge in [0.25, 0.3) is 5.91 Å². The number of rotatable bonds is 5. The van der Waals surface area contributed by atoms with Gasteiger partial charge in [-0.1, -0.05) is 41.3 Å². The van der Waals surface area contributed by atoms with E-state index in [1.807, 2.05) is 37.3 Å². The molecule has 1 aliphatic heterocycles. The number of fused-ring (bicyclic) bond motifs is 1. The summed E-state index contributed by atoms with van der Waals surface area (Å²) in [5, 5.41) is 6.91. The van der Waals surface area contributed by atoms with Crippen molar-refractivity contribution < 1.29 is 14.3 Å². The molecule has 6 nitrogen and oxygen atoms in total. The van der Waals surface area contributed by atoms with Crippen LogP contribution in [0, 0.1) is 3.95 Å². The van der Waals surface area contributed by atoms with Gasteiger partial charge in [-0.05, 0) is 49.5 Å². The van der Waals surface area contributed by atoms with Crippen LogP contribution in [-0.4, -0.2) is 33.3 Å². The Morgan fingerprint density at radius 3 is 2.89 bits per heavy atom. The van der Waals surface area contributed by atoms with E-state index in [-0.39, 0.29) is 23.5 Å². The number of para-hydroxylation sites is 1. The lowest BCUT2D eigenvalue weighted by atomic mass is 10.1. The van der Waals surface area contributed by atoms with Crippen molar-refractivity contribution in [3.63, 3.8) is 0 Å². The van der Waals surface area contributed by atoms with Crippen LogP contribution in [0.1, 0.15) is 17.3 Å². The van der Waals surface area contributed by atoms with E-state index in [1.165, 1.54) is 23.1 Å². The largest absolute Gasteiger partial charge is 0.482 e. The van der Waals surface area contributed by atoms with Gasteiger partial charge >= 0.3 is 0 Å². The molecular formula is C19H15N3O3S3. The van der Waals surface area contributed by atoms with Crippen molar-refractivity contribution in [3.05, 3.63) is 58.0 Å². The average Bonchev–Trinajstić information content (AvgIpc) is 3.07. The summed E-state index contributed by atoms with van der Waals surface area (Å²) in [6, 6.07) is 14.7. The van der Waals surface area contributed by atoms with Crippen LogP contribution in [0.3, 0.4) is 0 Å². The molecule has 0 saturated heterocycles. The molecule has 0 spiro atoms. The van der Waals surface area contributed by atoms with Gasteiger partial charge in [0.15, 0.2) is 20.7 Å². The summed E-state index contributed by atoms with van der Waals surface area (Å²) < 4.78 is 8.39. The Morgan fingerprint density at radius 1 is 1.32 bits per heavy atom. The van der Waals surface area contributed by atoms with Gasteiger partial charge in [0.1, 0.15) is 5.75 Å². The number of benzene rings is 2. The number of hydrogen-bond donors (Lipinski definition) is 1. The molecule has 2 heterocycles. The molecule has 1 N–H and O–H groups in total. The van der Waals surface area contributed by atoms with Crippen molar-refractivity contribution in [2.45, 2.75) is 16.5 Å². The van der Waals surface area contributed by atoms with Gasteiger partial charge in [0, 0.05) is 5.56 Å². The second-order valence-corrected chi connectivity index (χ2v) is 9.26. The summed E-state index contributed by atoms with van der Waals surface area (Å²) in [6.45, 7) is 1.82. The Bertz CT molecular complexity index is 1110. The van der Waals surface area contributed by atoms with Gasteiger partial charge in [-0.15, -0.1) is 5.10 Å². The third-order valence-corrected chi connectivity index (χ3v) is 6.49. The fourth-order valence-electron chi connectivity index (χ4n) is 2.72. The first kappa shape index (κ1) is 18.9. The SMILES string of the molecule is C[C@@H](Sc1nn(-c2ccccc2)c(=S)s1)C(=O)c1ccc2c(c1)NC(=O)CO2. The van der Waals surface area contributed by atoms with E-state index in [1.54, 1.807) is 22.9 Å². The van der Waals surface area contributed by atoms with Crippen molar-refractivity contribution in [2.24, 2.45) is 0 Å². The molecule has 3 aromatic rings. The third-order valence-electron chi connectivity index (χ3n) is 4.07. The number of carbonyl (C=O) groups is 2.